The van der Waals surface area contributed by atoms with Crippen molar-refractivity contribution in [2.75, 3.05) is 33.2 Å². The number of piperazine rings is 1. The van der Waals surface area contributed by atoms with Crippen LogP contribution in [0.3, 0.4) is 0 Å². The van der Waals surface area contributed by atoms with Crippen LogP contribution in [0.25, 0.3) is 0 Å². The van der Waals surface area contributed by atoms with Gasteiger partial charge in [0.1, 0.15) is 0 Å². The molecule has 0 aliphatic carbocycles. The van der Waals surface area contributed by atoms with Gasteiger partial charge >= 0.3 is 0 Å². The number of benzene rings is 1. The number of likely N-dealkylation sites (tertiary alicyclic amines) is 1. The van der Waals surface area contributed by atoms with Crippen molar-refractivity contribution in [1.29, 1.82) is 0 Å². The Hall–Kier alpha value is -1.77. The molecule has 2 amide bonds. The van der Waals surface area contributed by atoms with Crippen LogP contribution in [0.15, 0.2) is 35.2 Å². The van der Waals surface area contributed by atoms with E-state index in [1.54, 1.807) is 30.3 Å². The van der Waals surface area contributed by atoms with Crippen LogP contribution in [-0.2, 0) is 19.6 Å². The van der Waals surface area contributed by atoms with Crippen LogP contribution >= 0.6 is 0 Å². The maximum absolute atomic E-state index is 12.6. The normalized spacial score (nSPS) is 24.4. The zero-order chi connectivity index (χ0) is 16.6. The molecule has 1 aromatic rings. The lowest BCUT2D eigenvalue weighted by Gasteiger charge is -2.36. The second kappa shape index (κ2) is 6.03. The van der Waals surface area contributed by atoms with E-state index in [1.807, 2.05) is 4.90 Å². The molecule has 2 aliphatic heterocycles. The van der Waals surface area contributed by atoms with Crippen LogP contribution in [0.1, 0.15) is 6.42 Å². The van der Waals surface area contributed by atoms with Crippen LogP contribution in [0.4, 0.5) is 0 Å². The fourth-order valence-electron chi connectivity index (χ4n) is 3.02. The first-order chi connectivity index (χ1) is 10.9. The predicted octanol–water partition coefficient (Wildman–Crippen LogP) is -0.250. The highest BCUT2D eigenvalue weighted by Crippen LogP contribution is 2.22. The van der Waals surface area contributed by atoms with Crippen molar-refractivity contribution in [1.82, 2.24) is 14.1 Å². The minimum absolute atomic E-state index is 0.181. The molecule has 2 heterocycles. The summed E-state index contributed by atoms with van der Waals surface area (Å²) in [5.41, 5.74) is 0. The highest BCUT2D eigenvalue weighted by molar-refractivity contribution is 7.89. The molecular formula is C15H19N3O4S. The van der Waals surface area contributed by atoms with Crippen LogP contribution in [0, 0.1) is 0 Å². The molecule has 1 aromatic carbocycles. The van der Waals surface area contributed by atoms with Gasteiger partial charge in [-0.3, -0.25) is 19.4 Å². The van der Waals surface area contributed by atoms with Gasteiger partial charge in [0.15, 0.2) is 0 Å². The summed E-state index contributed by atoms with van der Waals surface area (Å²) in [6.45, 7) is 1.53. The number of carbonyl (C=O) groups excluding carboxylic acids is 2. The summed E-state index contributed by atoms with van der Waals surface area (Å²) in [4.78, 5) is 27.0. The summed E-state index contributed by atoms with van der Waals surface area (Å²) in [5.74, 6) is -0.381. The van der Waals surface area contributed by atoms with Crippen molar-refractivity contribution >= 4 is 21.8 Å². The number of sulfonamides is 1. The van der Waals surface area contributed by atoms with E-state index in [9.17, 15) is 18.0 Å². The molecule has 1 unspecified atom stereocenters. The molecule has 0 aromatic heterocycles. The SMILES string of the molecule is CN1C(=O)CC(N2CCN(S(=O)(=O)c3ccccc3)CC2)C1=O. The van der Waals surface area contributed by atoms with Gasteiger partial charge in [-0.25, -0.2) is 8.42 Å². The zero-order valence-corrected chi connectivity index (χ0v) is 13.7. The number of hydrogen-bond acceptors (Lipinski definition) is 5. The van der Waals surface area contributed by atoms with Crippen molar-refractivity contribution in [3.8, 4) is 0 Å². The maximum Gasteiger partial charge on any atom is 0.246 e. The molecule has 2 aliphatic rings. The Morgan fingerprint density at radius 2 is 1.61 bits per heavy atom. The molecule has 0 saturated carbocycles. The van der Waals surface area contributed by atoms with Gasteiger partial charge < -0.3 is 0 Å². The number of likely N-dealkylation sites (N-methyl/N-ethyl adjacent to an activating group) is 1. The third-order valence-corrected chi connectivity index (χ3v) is 6.37. The van der Waals surface area contributed by atoms with E-state index in [-0.39, 0.29) is 23.1 Å². The van der Waals surface area contributed by atoms with E-state index in [4.69, 9.17) is 0 Å². The van der Waals surface area contributed by atoms with Crippen LogP contribution in [-0.4, -0.2) is 73.6 Å². The summed E-state index contributed by atoms with van der Waals surface area (Å²) in [6.07, 6.45) is 0.181. The van der Waals surface area contributed by atoms with Crippen LogP contribution in [0.5, 0.6) is 0 Å². The molecule has 1 atom stereocenters. The average Bonchev–Trinajstić information content (AvgIpc) is 2.83. The number of nitrogens with zero attached hydrogens (tertiary/aromatic N) is 3. The topological polar surface area (TPSA) is 78.0 Å². The van der Waals surface area contributed by atoms with E-state index in [0.29, 0.717) is 26.2 Å². The minimum Gasteiger partial charge on any atom is -0.289 e. The number of hydrogen-bond donors (Lipinski definition) is 0. The molecule has 2 fully saturated rings. The van der Waals surface area contributed by atoms with Gasteiger partial charge in [-0.15, -0.1) is 0 Å². The van der Waals surface area contributed by atoms with Gasteiger partial charge in [0.25, 0.3) is 0 Å². The van der Waals surface area contributed by atoms with Crippen LogP contribution in [0.2, 0.25) is 0 Å². The second-order valence-corrected chi connectivity index (χ2v) is 7.70. The van der Waals surface area contributed by atoms with Gasteiger partial charge in [-0.1, -0.05) is 18.2 Å². The van der Waals surface area contributed by atoms with E-state index in [0.717, 1.165) is 4.90 Å². The molecule has 124 valence electrons. The molecule has 0 radical (unpaired) electrons. The number of imide groups is 1. The summed E-state index contributed by atoms with van der Waals surface area (Å²) in [7, 11) is -2.01. The summed E-state index contributed by atoms with van der Waals surface area (Å²) in [6, 6.07) is 7.87. The summed E-state index contributed by atoms with van der Waals surface area (Å²) >= 11 is 0. The number of amides is 2. The van der Waals surface area contributed by atoms with Crippen molar-refractivity contribution in [2.24, 2.45) is 0 Å². The quantitative estimate of drug-likeness (QED) is 0.711. The highest BCUT2D eigenvalue weighted by atomic mass is 32.2. The monoisotopic (exact) mass is 337 g/mol. The van der Waals surface area contributed by atoms with Crippen molar-refractivity contribution in [3.05, 3.63) is 30.3 Å². The van der Waals surface area contributed by atoms with E-state index < -0.39 is 16.1 Å². The van der Waals surface area contributed by atoms with Crippen molar-refractivity contribution < 1.29 is 18.0 Å². The third-order valence-electron chi connectivity index (χ3n) is 4.45. The molecule has 2 saturated heterocycles. The van der Waals surface area contributed by atoms with Crippen LogP contribution < -0.4 is 0 Å². The summed E-state index contributed by atoms with van der Waals surface area (Å²) < 4.78 is 26.6. The Kier molecular flexibility index (Phi) is 4.22. The first kappa shape index (κ1) is 16.1. The first-order valence-corrected chi connectivity index (χ1v) is 8.95. The Morgan fingerprint density at radius 3 is 2.13 bits per heavy atom. The Labute approximate surface area is 135 Å². The third kappa shape index (κ3) is 2.89. The zero-order valence-electron chi connectivity index (χ0n) is 12.9. The average molecular weight is 337 g/mol. The molecule has 3 rings (SSSR count). The molecule has 23 heavy (non-hydrogen) atoms. The minimum atomic E-state index is -3.50. The predicted molar refractivity (Wildman–Crippen MR) is 83.0 cm³/mol. The van der Waals surface area contributed by atoms with E-state index in [1.165, 1.54) is 11.4 Å². The van der Waals surface area contributed by atoms with E-state index in [2.05, 4.69) is 0 Å². The Bertz CT molecular complexity index is 711. The van der Waals surface area contributed by atoms with Gasteiger partial charge in [0.2, 0.25) is 21.8 Å². The second-order valence-electron chi connectivity index (χ2n) is 5.76. The highest BCUT2D eigenvalue weighted by Gasteiger charge is 2.41. The Balaban J connectivity index is 1.67. The fraction of sp³-hybridized carbons (Fsp3) is 0.467. The molecule has 7 nitrogen and oxygen atoms in total. The maximum atomic E-state index is 12.6. The molecular weight excluding hydrogens is 318 g/mol. The fourth-order valence-corrected chi connectivity index (χ4v) is 4.46. The molecule has 0 N–H and O–H groups in total. The molecule has 0 bridgehead atoms. The molecule has 8 heteroatoms. The largest absolute Gasteiger partial charge is 0.289 e. The van der Waals surface area contributed by atoms with Gasteiger partial charge in [-0.05, 0) is 12.1 Å². The summed E-state index contributed by atoms with van der Waals surface area (Å²) in [5, 5.41) is 0. The Morgan fingerprint density at radius 1 is 1.00 bits per heavy atom. The number of rotatable bonds is 3. The smallest absolute Gasteiger partial charge is 0.246 e. The van der Waals surface area contributed by atoms with E-state index >= 15 is 0 Å². The van der Waals surface area contributed by atoms with Gasteiger partial charge in [-0.2, -0.15) is 4.31 Å². The lowest BCUT2D eigenvalue weighted by atomic mass is 10.2. The van der Waals surface area contributed by atoms with Gasteiger partial charge in [0, 0.05) is 33.2 Å². The first-order valence-electron chi connectivity index (χ1n) is 7.51. The van der Waals surface area contributed by atoms with Crippen molar-refractivity contribution in [3.63, 3.8) is 0 Å². The standard InChI is InChI=1S/C15H19N3O4S/c1-16-14(19)11-13(15(16)20)17-7-9-18(10-8-17)23(21,22)12-5-3-2-4-6-12/h2-6,13H,7-11H2,1H3. The van der Waals surface area contributed by atoms with Gasteiger partial charge in [0.05, 0.1) is 17.4 Å². The van der Waals surface area contributed by atoms with Crippen molar-refractivity contribution in [2.45, 2.75) is 17.4 Å². The number of carbonyl (C=O) groups is 2. The molecule has 0 spiro atoms. The lowest BCUT2D eigenvalue weighted by Crippen LogP contribution is -2.53. The lowest BCUT2D eigenvalue weighted by molar-refractivity contribution is -0.138.